The Morgan fingerprint density at radius 1 is 1.41 bits per heavy atom. The monoisotopic (exact) mass is 273 g/mol. The number of rotatable bonds is 3. The highest BCUT2D eigenvalue weighted by Crippen LogP contribution is 2.39. The highest BCUT2D eigenvalue weighted by Gasteiger charge is 2.40. The standard InChI is InChI=1S/C9H5ClF5NO/c10-1-5-7(9(13,14)15)6(8(11)12)4(3-17)2-16-5/h2-3,8H,1H2. The number of carbonyl (C=O) groups is 1. The lowest BCUT2D eigenvalue weighted by atomic mass is 10.0. The van der Waals surface area contributed by atoms with Crippen LogP contribution >= 0.6 is 11.6 Å². The summed E-state index contributed by atoms with van der Waals surface area (Å²) in [6.45, 7) is 0. The molecule has 0 aliphatic carbocycles. The Kier molecular flexibility index (Phi) is 4.03. The van der Waals surface area contributed by atoms with Gasteiger partial charge in [0.1, 0.15) is 0 Å². The molecule has 0 unspecified atom stereocenters. The smallest absolute Gasteiger partial charge is 0.298 e. The first-order chi connectivity index (χ1) is 7.82. The first-order valence-electron chi connectivity index (χ1n) is 4.21. The minimum atomic E-state index is -5.04. The molecule has 1 heterocycles. The van der Waals surface area contributed by atoms with Gasteiger partial charge in [-0.25, -0.2) is 8.78 Å². The first-order valence-corrected chi connectivity index (χ1v) is 4.74. The highest BCUT2D eigenvalue weighted by atomic mass is 35.5. The van der Waals surface area contributed by atoms with Crippen LogP contribution in [-0.4, -0.2) is 11.3 Å². The summed E-state index contributed by atoms with van der Waals surface area (Å²) in [4.78, 5) is 13.7. The van der Waals surface area contributed by atoms with Crippen LogP contribution in [-0.2, 0) is 12.1 Å². The second-order valence-electron chi connectivity index (χ2n) is 3.00. The van der Waals surface area contributed by atoms with Crippen LogP contribution in [0.4, 0.5) is 22.0 Å². The van der Waals surface area contributed by atoms with Gasteiger partial charge < -0.3 is 0 Å². The molecule has 0 N–H and O–H groups in total. The summed E-state index contributed by atoms with van der Waals surface area (Å²) >= 11 is 5.21. The van der Waals surface area contributed by atoms with E-state index in [4.69, 9.17) is 11.6 Å². The van der Waals surface area contributed by atoms with Crippen LogP contribution in [0.1, 0.15) is 33.6 Å². The molecule has 8 heteroatoms. The van der Waals surface area contributed by atoms with Gasteiger partial charge in [0, 0.05) is 17.3 Å². The quantitative estimate of drug-likeness (QED) is 0.478. The highest BCUT2D eigenvalue weighted by molar-refractivity contribution is 6.17. The Morgan fingerprint density at radius 3 is 2.35 bits per heavy atom. The number of halogens is 6. The van der Waals surface area contributed by atoms with E-state index in [0.717, 1.165) is 0 Å². The van der Waals surface area contributed by atoms with Crippen molar-refractivity contribution >= 4 is 17.9 Å². The van der Waals surface area contributed by atoms with Crippen LogP contribution in [0.25, 0.3) is 0 Å². The zero-order valence-corrected chi connectivity index (χ0v) is 8.82. The minimum Gasteiger partial charge on any atom is -0.298 e. The van der Waals surface area contributed by atoms with Gasteiger partial charge in [-0.3, -0.25) is 9.78 Å². The topological polar surface area (TPSA) is 30.0 Å². The number of pyridine rings is 1. The number of aldehydes is 1. The maximum Gasteiger partial charge on any atom is 0.418 e. The van der Waals surface area contributed by atoms with Gasteiger partial charge in [0.15, 0.2) is 6.29 Å². The third-order valence-corrected chi connectivity index (χ3v) is 2.24. The molecule has 0 bridgehead atoms. The zero-order chi connectivity index (χ0) is 13.2. The molecule has 0 saturated carbocycles. The van der Waals surface area contributed by atoms with E-state index in [9.17, 15) is 26.7 Å². The Hall–Kier alpha value is -1.24. The van der Waals surface area contributed by atoms with Crippen molar-refractivity contribution in [3.05, 3.63) is 28.6 Å². The van der Waals surface area contributed by atoms with Crippen molar-refractivity contribution in [3.8, 4) is 0 Å². The van der Waals surface area contributed by atoms with Gasteiger partial charge in [-0.1, -0.05) is 0 Å². The van der Waals surface area contributed by atoms with Crippen molar-refractivity contribution in [2.24, 2.45) is 0 Å². The van der Waals surface area contributed by atoms with Gasteiger partial charge in [-0.05, 0) is 0 Å². The lowest BCUT2D eigenvalue weighted by Crippen LogP contribution is -2.16. The number of aromatic nitrogens is 1. The first kappa shape index (κ1) is 13.8. The number of alkyl halides is 6. The van der Waals surface area contributed by atoms with Crippen molar-refractivity contribution in [3.63, 3.8) is 0 Å². The Bertz CT molecular complexity index is 432. The summed E-state index contributed by atoms with van der Waals surface area (Å²) in [5.74, 6) is -0.673. The molecule has 0 saturated heterocycles. The predicted molar refractivity (Wildman–Crippen MR) is 49.1 cm³/mol. The predicted octanol–water partition coefficient (Wildman–Crippen LogP) is 3.59. The Labute approximate surface area is 97.4 Å². The van der Waals surface area contributed by atoms with Gasteiger partial charge in [0.25, 0.3) is 6.43 Å². The Morgan fingerprint density at radius 2 is 2.00 bits per heavy atom. The van der Waals surface area contributed by atoms with Crippen LogP contribution in [0.5, 0.6) is 0 Å². The van der Waals surface area contributed by atoms with Crippen LogP contribution in [0.3, 0.4) is 0 Å². The summed E-state index contributed by atoms with van der Waals surface area (Å²) < 4.78 is 63.1. The van der Waals surface area contributed by atoms with E-state index in [-0.39, 0.29) is 6.29 Å². The van der Waals surface area contributed by atoms with Gasteiger partial charge in [0.2, 0.25) is 0 Å². The summed E-state index contributed by atoms with van der Waals surface area (Å²) in [5, 5.41) is 0. The van der Waals surface area contributed by atoms with E-state index in [2.05, 4.69) is 4.98 Å². The van der Waals surface area contributed by atoms with Gasteiger partial charge in [0.05, 0.1) is 17.1 Å². The summed E-state index contributed by atoms with van der Waals surface area (Å²) in [6.07, 6.45) is -7.91. The molecule has 0 fully saturated rings. The van der Waals surface area contributed by atoms with E-state index in [1.54, 1.807) is 0 Å². The Balaban J connectivity index is 3.65. The van der Waals surface area contributed by atoms with Crippen LogP contribution < -0.4 is 0 Å². The fourth-order valence-electron chi connectivity index (χ4n) is 1.33. The summed E-state index contributed by atoms with van der Waals surface area (Å²) in [6, 6.07) is 0. The molecule has 0 amide bonds. The van der Waals surface area contributed by atoms with Crippen molar-refractivity contribution < 1.29 is 26.7 Å². The van der Waals surface area contributed by atoms with E-state index >= 15 is 0 Å². The van der Waals surface area contributed by atoms with Gasteiger partial charge >= 0.3 is 6.18 Å². The summed E-state index contributed by atoms with van der Waals surface area (Å²) in [5.41, 5.74) is -4.52. The second-order valence-corrected chi connectivity index (χ2v) is 3.27. The maximum absolute atomic E-state index is 12.6. The SMILES string of the molecule is O=Cc1cnc(CCl)c(C(F)(F)F)c1C(F)F. The second kappa shape index (κ2) is 4.95. The normalized spacial score (nSPS) is 11.9. The lowest BCUT2D eigenvalue weighted by Gasteiger charge is -2.16. The molecule has 0 aromatic carbocycles. The van der Waals surface area contributed by atoms with Crippen molar-refractivity contribution in [2.45, 2.75) is 18.5 Å². The molecule has 0 radical (unpaired) electrons. The lowest BCUT2D eigenvalue weighted by molar-refractivity contribution is -0.140. The molecule has 0 aliphatic rings. The van der Waals surface area contributed by atoms with Crippen LogP contribution in [0.15, 0.2) is 6.20 Å². The van der Waals surface area contributed by atoms with E-state index < -0.39 is 40.9 Å². The minimum absolute atomic E-state index is 0.0955. The molecule has 1 rings (SSSR count). The van der Waals surface area contributed by atoms with E-state index in [0.29, 0.717) is 6.20 Å². The van der Waals surface area contributed by atoms with Crippen LogP contribution in [0.2, 0.25) is 0 Å². The summed E-state index contributed by atoms with van der Waals surface area (Å²) in [7, 11) is 0. The molecular weight excluding hydrogens is 269 g/mol. The van der Waals surface area contributed by atoms with Crippen molar-refractivity contribution in [1.82, 2.24) is 4.98 Å². The molecule has 94 valence electrons. The average Bonchev–Trinajstić information content (AvgIpc) is 2.25. The third-order valence-electron chi connectivity index (χ3n) is 1.98. The molecule has 0 atom stereocenters. The molecule has 17 heavy (non-hydrogen) atoms. The molecular formula is C9H5ClF5NO. The van der Waals surface area contributed by atoms with E-state index in [1.165, 1.54) is 0 Å². The van der Waals surface area contributed by atoms with Crippen molar-refractivity contribution in [2.75, 3.05) is 0 Å². The molecule has 1 aromatic heterocycles. The zero-order valence-electron chi connectivity index (χ0n) is 8.06. The largest absolute Gasteiger partial charge is 0.418 e. The third kappa shape index (κ3) is 2.71. The molecule has 0 spiro atoms. The number of nitrogens with zero attached hydrogens (tertiary/aromatic N) is 1. The number of hydrogen-bond donors (Lipinski definition) is 0. The van der Waals surface area contributed by atoms with E-state index in [1.807, 2.05) is 0 Å². The fraction of sp³-hybridized carbons (Fsp3) is 0.333. The number of hydrogen-bond acceptors (Lipinski definition) is 2. The van der Waals surface area contributed by atoms with Gasteiger partial charge in [-0.2, -0.15) is 13.2 Å². The van der Waals surface area contributed by atoms with Crippen LogP contribution in [0, 0.1) is 0 Å². The molecule has 0 aliphatic heterocycles. The number of carbonyl (C=O) groups excluding carboxylic acids is 1. The average molecular weight is 274 g/mol. The van der Waals surface area contributed by atoms with Gasteiger partial charge in [-0.15, -0.1) is 11.6 Å². The molecule has 1 aromatic rings. The fourth-order valence-corrected chi connectivity index (χ4v) is 1.53. The van der Waals surface area contributed by atoms with Crippen molar-refractivity contribution in [1.29, 1.82) is 0 Å². The molecule has 2 nitrogen and oxygen atoms in total. The maximum atomic E-state index is 12.6.